The second-order valence-corrected chi connectivity index (χ2v) is 7.00. The van der Waals surface area contributed by atoms with Crippen LogP contribution in [0.25, 0.3) is 0 Å². The van der Waals surface area contributed by atoms with E-state index in [1.807, 2.05) is 0 Å². The number of benzene rings is 1. The van der Waals surface area contributed by atoms with Gasteiger partial charge in [0.1, 0.15) is 0 Å². The van der Waals surface area contributed by atoms with Gasteiger partial charge in [0.25, 0.3) is 5.91 Å². The smallest absolute Gasteiger partial charge is 0.253 e. The highest BCUT2D eigenvalue weighted by Crippen LogP contribution is 2.22. The van der Waals surface area contributed by atoms with Gasteiger partial charge in [0.15, 0.2) is 11.6 Å². The van der Waals surface area contributed by atoms with E-state index >= 15 is 0 Å². The summed E-state index contributed by atoms with van der Waals surface area (Å²) in [4.78, 5) is 26.5. The minimum absolute atomic E-state index is 0. The van der Waals surface area contributed by atoms with E-state index in [2.05, 4.69) is 10.6 Å². The maximum Gasteiger partial charge on any atom is 0.253 e. The molecule has 2 fully saturated rings. The average Bonchev–Trinajstić information content (AvgIpc) is 3.20. The Bertz CT molecular complexity index is 668. The molecule has 0 aromatic heterocycles. The van der Waals surface area contributed by atoms with Crippen LogP contribution in [0.4, 0.5) is 4.39 Å². The van der Waals surface area contributed by atoms with Gasteiger partial charge in [-0.25, -0.2) is 4.39 Å². The molecule has 0 bridgehead atoms. The number of nitrogens with one attached hydrogen (secondary N) is 2. The van der Waals surface area contributed by atoms with Gasteiger partial charge in [-0.3, -0.25) is 9.59 Å². The Labute approximate surface area is 165 Å². The first-order valence-corrected chi connectivity index (χ1v) is 9.22. The quantitative estimate of drug-likeness (QED) is 0.794. The molecule has 0 radical (unpaired) electrons. The fourth-order valence-corrected chi connectivity index (χ4v) is 3.67. The number of piperidine rings is 1. The molecule has 1 aromatic rings. The van der Waals surface area contributed by atoms with E-state index in [0.29, 0.717) is 25.2 Å². The fraction of sp³-hybridized carbons (Fsp3) is 0.579. The van der Waals surface area contributed by atoms with Crippen molar-refractivity contribution in [2.45, 2.75) is 31.7 Å². The third-order valence-corrected chi connectivity index (χ3v) is 5.15. The number of methoxy groups -OCH3 is 1. The number of nitrogens with zero attached hydrogens (tertiary/aromatic N) is 1. The normalized spacial score (nSPS) is 22.1. The summed E-state index contributed by atoms with van der Waals surface area (Å²) in [5.74, 6) is -0.325. The topological polar surface area (TPSA) is 70.7 Å². The Morgan fingerprint density at radius 1 is 1.33 bits per heavy atom. The molecule has 2 amide bonds. The van der Waals surface area contributed by atoms with E-state index in [4.69, 9.17) is 4.74 Å². The first-order chi connectivity index (χ1) is 12.6. The number of amides is 2. The van der Waals surface area contributed by atoms with Gasteiger partial charge >= 0.3 is 0 Å². The summed E-state index contributed by atoms with van der Waals surface area (Å²) in [6.07, 6.45) is 3.76. The third kappa shape index (κ3) is 5.32. The van der Waals surface area contributed by atoms with Crippen LogP contribution in [0.1, 0.15) is 36.0 Å². The van der Waals surface area contributed by atoms with Crippen LogP contribution in [0.2, 0.25) is 0 Å². The van der Waals surface area contributed by atoms with Crippen molar-refractivity contribution in [3.05, 3.63) is 29.6 Å². The lowest BCUT2D eigenvalue weighted by Gasteiger charge is -2.33. The van der Waals surface area contributed by atoms with Crippen molar-refractivity contribution in [2.75, 3.05) is 33.3 Å². The summed E-state index contributed by atoms with van der Waals surface area (Å²) < 4.78 is 18.8. The molecule has 2 aliphatic heterocycles. The van der Waals surface area contributed by atoms with Crippen molar-refractivity contribution >= 4 is 24.2 Å². The van der Waals surface area contributed by atoms with E-state index in [1.54, 1.807) is 11.0 Å². The van der Waals surface area contributed by atoms with E-state index < -0.39 is 5.82 Å². The number of ether oxygens (including phenoxy) is 1. The van der Waals surface area contributed by atoms with Crippen LogP contribution in [0.5, 0.6) is 5.75 Å². The van der Waals surface area contributed by atoms with Crippen LogP contribution < -0.4 is 15.4 Å². The molecule has 27 heavy (non-hydrogen) atoms. The Balaban J connectivity index is 0.00000261. The van der Waals surface area contributed by atoms with Gasteiger partial charge in [0, 0.05) is 25.2 Å². The molecule has 0 spiro atoms. The first-order valence-electron chi connectivity index (χ1n) is 9.22. The minimum atomic E-state index is -0.539. The summed E-state index contributed by atoms with van der Waals surface area (Å²) in [7, 11) is 1.39. The molecular weight excluding hydrogens is 373 g/mol. The van der Waals surface area contributed by atoms with Gasteiger partial charge in [-0.05, 0) is 56.3 Å². The fourth-order valence-electron chi connectivity index (χ4n) is 3.67. The molecule has 2 N–H and O–H groups in total. The highest BCUT2D eigenvalue weighted by atomic mass is 35.5. The Kier molecular flexibility index (Phi) is 7.86. The lowest BCUT2D eigenvalue weighted by atomic mass is 9.97. The molecule has 2 unspecified atom stereocenters. The van der Waals surface area contributed by atoms with Crippen LogP contribution in [0.3, 0.4) is 0 Å². The summed E-state index contributed by atoms with van der Waals surface area (Å²) in [5, 5.41) is 6.19. The number of likely N-dealkylation sites (tertiary alicyclic amines) is 1. The highest BCUT2D eigenvalue weighted by molar-refractivity contribution is 5.94. The highest BCUT2D eigenvalue weighted by Gasteiger charge is 2.27. The van der Waals surface area contributed by atoms with Crippen LogP contribution in [-0.4, -0.2) is 56.0 Å². The minimum Gasteiger partial charge on any atom is -0.494 e. The second kappa shape index (κ2) is 9.90. The number of rotatable bonds is 5. The number of carbonyl (C=O) groups is 2. The number of hydrogen-bond acceptors (Lipinski definition) is 4. The van der Waals surface area contributed by atoms with Crippen molar-refractivity contribution in [2.24, 2.45) is 5.92 Å². The second-order valence-electron chi connectivity index (χ2n) is 7.00. The van der Waals surface area contributed by atoms with Gasteiger partial charge < -0.3 is 20.3 Å². The van der Waals surface area contributed by atoms with Gasteiger partial charge in [-0.2, -0.15) is 0 Å². The molecule has 2 heterocycles. The van der Waals surface area contributed by atoms with Gasteiger partial charge in [-0.15, -0.1) is 12.4 Å². The number of hydrogen-bond donors (Lipinski definition) is 2. The van der Waals surface area contributed by atoms with E-state index in [1.165, 1.54) is 19.2 Å². The molecule has 2 aliphatic rings. The van der Waals surface area contributed by atoms with Crippen molar-refractivity contribution in [3.8, 4) is 5.75 Å². The predicted octanol–water partition coefficient (Wildman–Crippen LogP) is 1.98. The number of carbonyl (C=O) groups excluding carboxylic acids is 2. The van der Waals surface area contributed by atoms with E-state index in [0.717, 1.165) is 32.2 Å². The zero-order valence-corrected chi connectivity index (χ0v) is 16.3. The molecule has 2 saturated heterocycles. The van der Waals surface area contributed by atoms with Crippen LogP contribution in [0.15, 0.2) is 18.2 Å². The molecule has 3 rings (SSSR count). The third-order valence-electron chi connectivity index (χ3n) is 5.15. The number of halogens is 2. The van der Waals surface area contributed by atoms with E-state index in [-0.39, 0.29) is 41.9 Å². The zero-order chi connectivity index (χ0) is 18.5. The van der Waals surface area contributed by atoms with Crippen molar-refractivity contribution < 1.29 is 18.7 Å². The molecule has 6 nitrogen and oxygen atoms in total. The monoisotopic (exact) mass is 399 g/mol. The molecular formula is C19H27ClFN3O3. The molecule has 1 aromatic carbocycles. The molecule has 0 saturated carbocycles. The van der Waals surface area contributed by atoms with Crippen molar-refractivity contribution in [1.29, 1.82) is 0 Å². The van der Waals surface area contributed by atoms with Gasteiger partial charge in [0.2, 0.25) is 5.91 Å². The summed E-state index contributed by atoms with van der Waals surface area (Å²) in [5.41, 5.74) is 0.322. The maximum absolute atomic E-state index is 13.9. The van der Waals surface area contributed by atoms with Gasteiger partial charge in [0.05, 0.1) is 13.2 Å². The standard InChI is InChI=1S/C19H26FN3O3.ClH/c1-26-17-7-6-14(10-15(17)20)19(25)23-9-3-4-13(12-23)11-22-18(24)16-5-2-8-21-16;/h6-7,10,13,16,21H,2-5,8-9,11-12H2,1H3,(H,22,24);1H. The van der Waals surface area contributed by atoms with Crippen LogP contribution in [0, 0.1) is 11.7 Å². The molecule has 2 atom stereocenters. The molecule has 8 heteroatoms. The van der Waals surface area contributed by atoms with Crippen LogP contribution >= 0.6 is 12.4 Å². The first kappa shape index (κ1) is 21.4. The lowest BCUT2D eigenvalue weighted by molar-refractivity contribution is -0.123. The molecule has 0 aliphatic carbocycles. The SMILES string of the molecule is COc1ccc(C(=O)N2CCCC(CNC(=O)C3CCCN3)C2)cc1F.Cl. The average molecular weight is 400 g/mol. The largest absolute Gasteiger partial charge is 0.494 e. The van der Waals surface area contributed by atoms with Crippen molar-refractivity contribution in [3.63, 3.8) is 0 Å². The lowest BCUT2D eigenvalue weighted by Crippen LogP contribution is -2.46. The maximum atomic E-state index is 13.9. The van der Waals surface area contributed by atoms with Gasteiger partial charge in [-0.1, -0.05) is 0 Å². The summed E-state index contributed by atoms with van der Waals surface area (Å²) >= 11 is 0. The molecule has 150 valence electrons. The summed E-state index contributed by atoms with van der Waals surface area (Å²) in [6, 6.07) is 4.19. The Morgan fingerprint density at radius 3 is 2.81 bits per heavy atom. The summed E-state index contributed by atoms with van der Waals surface area (Å²) in [6.45, 7) is 2.69. The predicted molar refractivity (Wildman–Crippen MR) is 103 cm³/mol. The zero-order valence-electron chi connectivity index (χ0n) is 15.5. The van der Waals surface area contributed by atoms with E-state index in [9.17, 15) is 14.0 Å². The Morgan fingerprint density at radius 2 is 2.15 bits per heavy atom. The Hall–Kier alpha value is -1.86. The van der Waals surface area contributed by atoms with Crippen molar-refractivity contribution in [1.82, 2.24) is 15.5 Å². The van der Waals surface area contributed by atoms with Crippen LogP contribution in [-0.2, 0) is 4.79 Å².